The molecule has 1 aliphatic heterocycles. The van der Waals surface area contributed by atoms with Crippen molar-refractivity contribution in [1.29, 1.82) is 0 Å². The van der Waals surface area contributed by atoms with E-state index in [9.17, 15) is 0 Å². The van der Waals surface area contributed by atoms with Crippen molar-refractivity contribution in [3.8, 4) is 5.75 Å². The Balaban J connectivity index is 1.99. The average Bonchev–Trinajstić information content (AvgIpc) is 2.49. The van der Waals surface area contributed by atoms with E-state index in [1.165, 1.54) is 0 Å². The van der Waals surface area contributed by atoms with Crippen molar-refractivity contribution in [3.05, 3.63) is 28.2 Å². The van der Waals surface area contributed by atoms with Crippen molar-refractivity contribution in [3.63, 3.8) is 0 Å². The number of methoxy groups -OCH3 is 1. The third-order valence-corrected chi connectivity index (χ3v) is 4.73. The van der Waals surface area contributed by atoms with Crippen LogP contribution in [0.4, 0.5) is 0 Å². The van der Waals surface area contributed by atoms with Gasteiger partial charge in [0.15, 0.2) is 0 Å². The van der Waals surface area contributed by atoms with Gasteiger partial charge in [-0.15, -0.1) is 0 Å². The minimum absolute atomic E-state index is 0.0379. The van der Waals surface area contributed by atoms with Crippen LogP contribution in [0.25, 0.3) is 0 Å². The molecule has 1 aromatic rings. The van der Waals surface area contributed by atoms with Crippen LogP contribution in [-0.4, -0.2) is 46.2 Å². The van der Waals surface area contributed by atoms with Crippen molar-refractivity contribution in [2.75, 3.05) is 40.1 Å². The SMILES string of the molecule is COCCOc1ccc(C(Br)C2COCCO2)cc1Br. The second-order valence-corrected chi connectivity index (χ2v) is 6.26. The summed E-state index contributed by atoms with van der Waals surface area (Å²) in [6, 6.07) is 6.02. The highest BCUT2D eigenvalue weighted by molar-refractivity contribution is 9.10. The minimum Gasteiger partial charge on any atom is -0.490 e. The van der Waals surface area contributed by atoms with Gasteiger partial charge in [-0.1, -0.05) is 22.0 Å². The Morgan fingerprint density at radius 2 is 2.20 bits per heavy atom. The van der Waals surface area contributed by atoms with E-state index in [1.807, 2.05) is 18.2 Å². The summed E-state index contributed by atoms with van der Waals surface area (Å²) in [5.41, 5.74) is 1.13. The molecule has 0 N–H and O–H groups in total. The predicted molar refractivity (Wildman–Crippen MR) is 83.7 cm³/mol. The normalized spacial score (nSPS) is 20.6. The monoisotopic (exact) mass is 408 g/mol. The Morgan fingerprint density at radius 3 is 2.85 bits per heavy atom. The van der Waals surface area contributed by atoms with E-state index < -0.39 is 0 Å². The van der Waals surface area contributed by atoms with Gasteiger partial charge >= 0.3 is 0 Å². The molecule has 1 aliphatic rings. The van der Waals surface area contributed by atoms with Crippen molar-refractivity contribution >= 4 is 31.9 Å². The lowest BCUT2D eigenvalue weighted by atomic mass is 10.1. The molecular formula is C14H18Br2O4. The van der Waals surface area contributed by atoms with Gasteiger partial charge in [0, 0.05) is 7.11 Å². The molecule has 6 heteroatoms. The predicted octanol–water partition coefficient (Wildman–Crippen LogP) is 3.33. The quantitative estimate of drug-likeness (QED) is 0.533. The van der Waals surface area contributed by atoms with Gasteiger partial charge in [-0.3, -0.25) is 0 Å². The van der Waals surface area contributed by atoms with Crippen molar-refractivity contribution in [2.24, 2.45) is 0 Å². The summed E-state index contributed by atoms with van der Waals surface area (Å²) in [4.78, 5) is 0.104. The highest BCUT2D eigenvalue weighted by Crippen LogP contribution is 2.34. The maximum atomic E-state index is 5.71. The Hall–Kier alpha value is -0.140. The van der Waals surface area contributed by atoms with Gasteiger partial charge in [0.2, 0.25) is 0 Å². The molecule has 1 saturated heterocycles. The number of hydrogen-bond donors (Lipinski definition) is 0. The van der Waals surface area contributed by atoms with Crippen LogP contribution in [0.2, 0.25) is 0 Å². The van der Waals surface area contributed by atoms with E-state index >= 15 is 0 Å². The Labute approximate surface area is 136 Å². The molecule has 1 fully saturated rings. The largest absolute Gasteiger partial charge is 0.490 e. The molecule has 4 nitrogen and oxygen atoms in total. The van der Waals surface area contributed by atoms with E-state index in [2.05, 4.69) is 31.9 Å². The van der Waals surface area contributed by atoms with Crippen LogP contribution in [0.3, 0.4) is 0 Å². The van der Waals surface area contributed by atoms with Gasteiger partial charge in [0.1, 0.15) is 12.4 Å². The molecule has 0 bridgehead atoms. The van der Waals surface area contributed by atoms with Gasteiger partial charge in [-0.05, 0) is 33.6 Å². The molecule has 2 unspecified atom stereocenters. The fraction of sp³-hybridized carbons (Fsp3) is 0.571. The molecule has 20 heavy (non-hydrogen) atoms. The molecule has 0 amide bonds. The Morgan fingerprint density at radius 1 is 1.35 bits per heavy atom. The van der Waals surface area contributed by atoms with E-state index in [1.54, 1.807) is 7.11 Å². The molecule has 0 aromatic heterocycles. The fourth-order valence-electron chi connectivity index (χ4n) is 1.93. The second kappa shape index (κ2) is 8.34. The lowest BCUT2D eigenvalue weighted by Crippen LogP contribution is -2.31. The third kappa shape index (κ3) is 4.43. The standard InChI is InChI=1S/C14H18Br2O4/c1-17-4-6-19-12-3-2-10(8-11(12)15)14(16)13-9-18-5-7-20-13/h2-3,8,13-14H,4-7,9H2,1H3. The van der Waals surface area contributed by atoms with E-state index in [0.717, 1.165) is 15.8 Å². The van der Waals surface area contributed by atoms with Crippen molar-refractivity contribution in [2.45, 2.75) is 10.9 Å². The van der Waals surface area contributed by atoms with Gasteiger partial charge in [-0.25, -0.2) is 0 Å². The molecule has 0 radical (unpaired) electrons. The topological polar surface area (TPSA) is 36.9 Å². The number of alkyl halides is 1. The Bertz CT molecular complexity index is 422. The number of halogens is 2. The zero-order chi connectivity index (χ0) is 14.4. The van der Waals surface area contributed by atoms with Gasteiger partial charge < -0.3 is 18.9 Å². The summed E-state index contributed by atoms with van der Waals surface area (Å²) in [6.07, 6.45) is 0.0379. The molecule has 1 aromatic carbocycles. The third-order valence-electron chi connectivity index (χ3n) is 2.99. The molecule has 2 atom stereocenters. The van der Waals surface area contributed by atoms with E-state index in [4.69, 9.17) is 18.9 Å². The van der Waals surface area contributed by atoms with Gasteiger partial charge in [0.05, 0.1) is 41.8 Å². The van der Waals surface area contributed by atoms with Crippen LogP contribution in [0.5, 0.6) is 5.75 Å². The van der Waals surface area contributed by atoms with Crippen LogP contribution >= 0.6 is 31.9 Å². The van der Waals surface area contributed by atoms with E-state index in [0.29, 0.717) is 33.0 Å². The summed E-state index contributed by atoms with van der Waals surface area (Å²) in [5, 5.41) is 0. The van der Waals surface area contributed by atoms with Gasteiger partial charge in [0.25, 0.3) is 0 Å². The fourth-order valence-corrected chi connectivity index (χ4v) is 3.03. The number of hydrogen-bond acceptors (Lipinski definition) is 4. The maximum absolute atomic E-state index is 5.71. The van der Waals surface area contributed by atoms with Crippen LogP contribution in [0.1, 0.15) is 10.4 Å². The first kappa shape index (κ1) is 16.2. The zero-order valence-corrected chi connectivity index (χ0v) is 14.5. The summed E-state index contributed by atoms with van der Waals surface area (Å²) in [7, 11) is 1.66. The lowest BCUT2D eigenvalue weighted by Gasteiger charge is -2.27. The average molecular weight is 410 g/mol. The summed E-state index contributed by atoms with van der Waals surface area (Å²) >= 11 is 7.22. The summed E-state index contributed by atoms with van der Waals surface area (Å²) < 4.78 is 22.7. The molecular weight excluding hydrogens is 392 g/mol. The molecule has 2 rings (SSSR count). The van der Waals surface area contributed by atoms with Crippen molar-refractivity contribution in [1.82, 2.24) is 0 Å². The smallest absolute Gasteiger partial charge is 0.133 e. The zero-order valence-electron chi connectivity index (χ0n) is 11.3. The second-order valence-electron chi connectivity index (χ2n) is 4.42. The summed E-state index contributed by atoms with van der Waals surface area (Å²) in [6.45, 7) is 3.03. The minimum atomic E-state index is 0.0379. The van der Waals surface area contributed by atoms with Crippen molar-refractivity contribution < 1.29 is 18.9 Å². The highest BCUT2D eigenvalue weighted by Gasteiger charge is 2.24. The first-order valence-electron chi connectivity index (χ1n) is 6.47. The maximum Gasteiger partial charge on any atom is 0.133 e. The highest BCUT2D eigenvalue weighted by atomic mass is 79.9. The first-order valence-corrected chi connectivity index (χ1v) is 8.18. The van der Waals surface area contributed by atoms with E-state index in [-0.39, 0.29) is 10.9 Å². The lowest BCUT2D eigenvalue weighted by molar-refractivity contribution is -0.0876. The van der Waals surface area contributed by atoms with Crippen LogP contribution in [0, 0.1) is 0 Å². The molecule has 112 valence electrons. The number of ether oxygens (including phenoxy) is 4. The van der Waals surface area contributed by atoms with Gasteiger partial charge in [-0.2, -0.15) is 0 Å². The number of benzene rings is 1. The molecule has 0 aliphatic carbocycles. The number of rotatable bonds is 6. The molecule has 0 spiro atoms. The molecule has 1 heterocycles. The molecule has 0 saturated carbocycles. The van der Waals surface area contributed by atoms with Crippen LogP contribution in [0.15, 0.2) is 22.7 Å². The first-order chi connectivity index (χ1) is 9.72. The van der Waals surface area contributed by atoms with Crippen LogP contribution in [-0.2, 0) is 14.2 Å². The Kier molecular flexibility index (Phi) is 6.77. The van der Waals surface area contributed by atoms with Crippen LogP contribution < -0.4 is 4.74 Å². The summed E-state index contributed by atoms with van der Waals surface area (Å²) in [5.74, 6) is 0.811.